The van der Waals surface area contributed by atoms with E-state index in [1.807, 2.05) is 18.2 Å². The summed E-state index contributed by atoms with van der Waals surface area (Å²) in [6.07, 6.45) is 2.71. The Labute approximate surface area is 152 Å². The van der Waals surface area contributed by atoms with Crippen molar-refractivity contribution in [3.8, 4) is 5.75 Å². The first-order valence-electron chi connectivity index (χ1n) is 7.97. The van der Waals surface area contributed by atoms with Gasteiger partial charge in [-0.2, -0.15) is 4.98 Å². The van der Waals surface area contributed by atoms with Gasteiger partial charge in [0.1, 0.15) is 11.6 Å². The van der Waals surface area contributed by atoms with Gasteiger partial charge < -0.3 is 15.4 Å². The van der Waals surface area contributed by atoms with E-state index in [1.165, 1.54) is 5.56 Å². The van der Waals surface area contributed by atoms with Gasteiger partial charge in [-0.3, -0.25) is 0 Å². The molecule has 0 amide bonds. The fourth-order valence-corrected chi connectivity index (χ4v) is 2.59. The molecule has 0 aliphatic heterocycles. The average molecular weight is 355 g/mol. The molecule has 0 atom stereocenters. The second-order valence-electron chi connectivity index (χ2n) is 5.42. The molecule has 0 aliphatic rings. The van der Waals surface area contributed by atoms with Crippen LogP contribution in [0.25, 0.3) is 0 Å². The number of benzene rings is 2. The topological polar surface area (TPSA) is 59.1 Å². The summed E-state index contributed by atoms with van der Waals surface area (Å²) in [4.78, 5) is 8.73. The third kappa shape index (κ3) is 4.39. The van der Waals surface area contributed by atoms with E-state index in [1.54, 1.807) is 31.5 Å². The fourth-order valence-electron chi connectivity index (χ4n) is 2.33. The van der Waals surface area contributed by atoms with Crippen LogP contribution in [0, 0.1) is 0 Å². The summed E-state index contributed by atoms with van der Waals surface area (Å²) in [6.45, 7) is 2.13. The van der Waals surface area contributed by atoms with Crippen LogP contribution < -0.4 is 15.4 Å². The molecule has 2 aromatic carbocycles. The summed E-state index contributed by atoms with van der Waals surface area (Å²) in [5.74, 6) is 1.82. The van der Waals surface area contributed by atoms with Crippen molar-refractivity contribution in [3.63, 3.8) is 0 Å². The van der Waals surface area contributed by atoms with Gasteiger partial charge in [-0.1, -0.05) is 30.7 Å². The molecule has 0 aliphatic carbocycles. The number of anilines is 4. The molecule has 5 nitrogen and oxygen atoms in total. The molecular formula is C19H19ClN4O. The molecule has 6 heteroatoms. The van der Waals surface area contributed by atoms with Crippen LogP contribution in [-0.4, -0.2) is 17.1 Å². The minimum atomic E-state index is 0.522. The van der Waals surface area contributed by atoms with Gasteiger partial charge >= 0.3 is 0 Å². The monoisotopic (exact) mass is 354 g/mol. The van der Waals surface area contributed by atoms with Gasteiger partial charge in [0.2, 0.25) is 5.95 Å². The highest BCUT2D eigenvalue weighted by molar-refractivity contribution is 6.32. The van der Waals surface area contributed by atoms with Crippen molar-refractivity contribution in [2.75, 3.05) is 17.7 Å². The predicted molar refractivity (Wildman–Crippen MR) is 102 cm³/mol. The van der Waals surface area contributed by atoms with E-state index in [0.29, 0.717) is 22.5 Å². The Morgan fingerprint density at radius 2 is 1.76 bits per heavy atom. The molecule has 0 spiro atoms. The molecular weight excluding hydrogens is 336 g/mol. The molecule has 1 heterocycles. The number of rotatable bonds is 6. The first-order valence-corrected chi connectivity index (χ1v) is 8.35. The van der Waals surface area contributed by atoms with Gasteiger partial charge in [0, 0.05) is 17.6 Å². The lowest BCUT2D eigenvalue weighted by atomic mass is 10.1. The smallest absolute Gasteiger partial charge is 0.229 e. The molecule has 0 saturated heterocycles. The van der Waals surface area contributed by atoms with Crippen LogP contribution >= 0.6 is 11.6 Å². The van der Waals surface area contributed by atoms with Gasteiger partial charge in [0.25, 0.3) is 0 Å². The van der Waals surface area contributed by atoms with Crippen molar-refractivity contribution < 1.29 is 4.74 Å². The van der Waals surface area contributed by atoms with Crippen molar-refractivity contribution in [2.45, 2.75) is 13.3 Å². The van der Waals surface area contributed by atoms with Crippen LogP contribution in [0.2, 0.25) is 5.02 Å². The minimum Gasteiger partial charge on any atom is -0.495 e. The summed E-state index contributed by atoms with van der Waals surface area (Å²) < 4.78 is 5.16. The van der Waals surface area contributed by atoms with E-state index in [-0.39, 0.29) is 0 Å². The molecule has 25 heavy (non-hydrogen) atoms. The van der Waals surface area contributed by atoms with Gasteiger partial charge in [0.15, 0.2) is 0 Å². The largest absolute Gasteiger partial charge is 0.495 e. The zero-order valence-electron chi connectivity index (χ0n) is 14.1. The second kappa shape index (κ2) is 7.85. The normalized spacial score (nSPS) is 10.4. The van der Waals surface area contributed by atoms with E-state index in [4.69, 9.17) is 16.3 Å². The van der Waals surface area contributed by atoms with Crippen molar-refractivity contribution in [1.82, 2.24) is 9.97 Å². The molecule has 0 saturated carbocycles. The first kappa shape index (κ1) is 17.0. The van der Waals surface area contributed by atoms with E-state index in [2.05, 4.69) is 39.7 Å². The van der Waals surface area contributed by atoms with Crippen molar-refractivity contribution in [3.05, 3.63) is 65.3 Å². The maximum Gasteiger partial charge on any atom is 0.229 e. The number of nitrogens with one attached hydrogen (secondary N) is 2. The highest BCUT2D eigenvalue weighted by Crippen LogP contribution is 2.28. The molecule has 2 N–H and O–H groups in total. The van der Waals surface area contributed by atoms with Gasteiger partial charge in [-0.15, -0.1) is 0 Å². The number of halogens is 1. The van der Waals surface area contributed by atoms with Crippen LogP contribution in [0.3, 0.4) is 0 Å². The number of nitrogens with zero attached hydrogens (tertiary/aromatic N) is 2. The van der Waals surface area contributed by atoms with Crippen molar-refractivity contribution in [2.24, 2.45) is 0 Å². The average Bonchev–Trinajstić information content (AvgIpc) is 2.63. The van der Waals surface area contributed by atoms with Gasteiger partial charge in [-0.25, -0.2) is 4.98 Å². The summed E-state index contributed by atoms with van der Waals surface area (Å²) >= 11 is 6.15. The third-order valence-electron chi connectivity index (χ3n) is 3.70. The number of hydrogen-bond acceptors (Lipinski definition) is 5. The lowest BCUT2D eigenvalue weighted by Gasteiger charge is -2.10. The Bertz CT molecular complexity index is 852. The van der Waals surface area contributed by atoms with E-state index in [9.17, 15) is 0 Å². The quantitative estimate of drug-likeness (QED) is 0.638. The molecule has 0 radical (unpaired) electrons. The second-order valence-corrected chi connectivity index (χ2v) is 5.82. The summed E-state index contributed by atoms with van der Waals surface area (Å²) in [6, 6.07) is 15.5. The zero-order valence-corrected chi connectivity index (χ0v) is 14.8. The Balaban J connectivity index is 1.73. The first-order chi connectivity index (χ1) is 12.2. The highest BCUT2D eigenvalue weighted by atomic mass is 35.5. The van der Waals surface area contributed by atoms with Gasteiger partial charge in [0.05, 0.1) is 12.1 Å². The number of aryl methyl sites for hydroxylation is 1. The van der Waals surface area contributed by atoms with E-state index >= 15 is 0 Å². The molecule has 1 aromatic heterocycles. The molecule has 3 aromatic rings. The van der Waals surface area contributed by atoms with Gasteiger partial charge in [-0.05, 0) is 48.4 Å². The summed E-state index contributed by atoms with van der Waals surface area (Å²) in [5, 5.41) is 6.95. The maximum atomic E-state index is 6.15. The fraction of sp³-hybridized carbons (Fsp3) is 0.158. The van der Waals surface area contributed by atoms with Crippen molar-refractivity contribution in [1.29, 1.82) is 0 Å². The molecule has 3 rings (SSSR count). The van der Waals surface area contributed by atoms with Crippen LogP contribution in [0.15, 0.2) is 54.7 Å². The standard InChI is InChI=1S/C19H19ClN4O/c1-3-13-4-6-14(7-5-13)23-19-21-11-10-18(24-19)22-15-8-9-17(25-2)16(20)12-15/h4-12H,3H2,1-2H3,(H2,21,22,23,24). The Kier molecular flexibility index (Phi) is 5.36. The SMILES string of the molecule is CCc1ccc(Nc2nccc(Nc3ccc(OC)c(Cl)c3)n2)cc1. The third-order valence-corrected chi connectivity index (χ3v) is 3.99. The number of methoxy groups -OCH3 is 1. The summed E-state index contributed by atoms with van der Waals surface area (Å²) in [7, 11) is 1.59. The summed E-state index contributed by atoms with van der Waals surface area (Å²) in [5.41, 5.74) is 3.06. The van der Waals surface area contributed by atoms with E-state index in [0.717, 1.165) is 17.8 Å². The number of hydrogen-bond donors (Lipinski definition) is 2. The molecule has 0 fully saturated rings. The Morgan fingerprint density at radius 1 is 1.00 bits per heavy atom. The van der Waals surface area contributed by atoms with Crippen LogP contribution in [0.5, 0.6) is 5.75 Å². The highest BCUT2D eigenvalue weighted by Gasteiger charge is 2.04. The minimum absolute atomic E-state index is 0.522. The number of ether oxygens (including phenoxy) is 1. The van der Waals surface area contributed by atoms with Crippen LogP contribution in [0.4, 0.5) is 23.1 Å². The number of aromatic nitrogens is 2. The van der Waals surface area contributed by atoms with E-state index < -0.39 is 0 Å². The van der Waals surface area contributed by atoms with Crippen molar-refractivity contribution >= 4 is 34.7 Å². The maximum absolute atomic E-state index is 6.15. The Morgan fingerprint density at radius 3 is 2.44 bits per heavy atom. The molecule has 0 unspecified atom stereocenters. The van der Waals surface area contributed by atoms with Crippen LogP contribution in [-0.2, 0) is 6.42 Å². The lowest BCUT2D eigenvalue weighted by molar-refractivity contribution is 0.415. The lowest BCUT2D eigenvalue weighted by Crippen LogP contribution is -2.00. The zero-order chi connectivity index (χ0) is 17.6. The molecule has 128 valence electrons. The van der Waals surface area contributed by atoms with Crippen LogP contribution in [0.1, 0.15) is 12.5 Å². The Hall–Kier alpha value is -2.79. The predicted octanol–water partition coefficient (Wildman–Crippen LogP) is 5.19. The molecule has 0 bridgehead atoms.